The van der Waals surface area contributed by atoms with Crippen LogP contribution in [0.1, 0.15) is 30.6 Å². The first-order chi connectivity index (χ1) is 9.49. The number of aliphatic hydroxyl groups is 1. The second-order valence-electron chi connectivity index (χ2n) is 4.41. The van der Waals surface area contributed by atoms with Crippen LogP contribution in [-0.4, -0.2) is 35.1 Å². The van der Waals surface area contributed by atoms with Crippen molar-refractivity contribution in [1.82, 2.24) is 5.32 Å². The largest absolute Gasteiger partial charge is 0.396 e. The van der Waals surface area contributed by atoms with E-state index in [0.29, 0.717) is 18.5 Å². The number of hydrogen-bond donors (Lipinski definition) is 3. The van der Waals surface area contributed by atoms with E-state index in [1.807, 2.05) is 0 Å². The average Bonchev–Trinajstić information content (AvgIpc) is 2.38. The Kier molecular flexibility index (Phi) is 5.92. The maximum atomic E-state index is 11.7. The summed E-state index contributed by atoms with van der Waals surface area (Å²) in [4.78, 5) is 22.2. The summed E-state index contributed by atoms with van der Waals surface area (Å²) in [7, 11) is 0. The van der Waals surface area contributed by atoms with E-state index in [9.17, 15) is 14.9 Å². The maximum Gasteiger partial charge on any atom is 0.292 e. The van der Waals surface area contributed by atoms with Crippen molar-refractivity contribution in [2.75, 3.05) is 18.5 Å². The van der Waals surface area contributed by atoms with Crippen molar-refractivity contribution in [3.8, 4) is 0 Å². The molecule has 1 aromatic carbocycles. The number of carbonyl (C=O) groups is 1. The molecule has 0 saturated heterocycles. The fraction of sp³-hybridized carbons (Fsp3) is 0.462. The van der Waals surface area contributed by atoms with Crippen molar-refractivity contribution < 1.29 is 14.8 Å². The maximum absolute atomic E-state index is 11.7. The number of amides is 1. The summed E-state index contributed by atoms with van der Waals surface area (Å²) in [6, 6.07) is 4.05. The molecule has 3 N–H and O–H groups in total. The zero-order valence-electron chi connectivity index (χ0n) is 11.5. The van der Waals surface area contributed by atoms with Gasteiger partial charge < -0.3 is 15.7 Å². The molecular weight excluding hydrogens is 262 g/mol. The Morgan fingerprint density at radius 3 is 2.75 bits per heavy atom. The Hall–Kier alpha value is -2.15. The lowest BCUT2D eigenvalue weighted by Gasteiger charge is -2.14. The number of aliphatic hydroxyl groups excluding tert-OH is 1. The number of nitrogens with zero attached hydrogens (tertiary/aromatic N) is 1. The molecular formula is C13H19N3O4. The molecule has 20 heavy (non-hydrogen) atoms. The van der Waals surface area contributed by atoms with Gasteiger partial charge in [0, 0.05) is 30.8 Å². The third-order valence-electron chi connectivity index (χ3n) is 2.76. The SMILES string of the molecule is CCNC(=O)c1ccc([N+](=O)[O-])c(NC(C)CCO)c1. The van der Waals surface area contributed by atoms with Crippen LogP contribution >= 0.6 is 0 Å². The fourth-order valence-corrected chi connectivity index (χ4v) is 1.75. The lowest BCUT2D eigenvalue weighted by molar-refractivity contribution is -0.384. The van der Waals surface area contributed by atoms with Crippen molar-refractivity contribution in [1.29, 1.82) is 0 Å². The van der Waals surface area contributed by atoms with E-state index in [4.69, 9.17) is 5.11 Å². The first-order valence-corrected chi connectivity index (χ1v) is 6.43. The molecule has 0 fully saturated rings. The van der Waals surface area contributed by atoms with Crippen LogP contribution in [0.4, 0.5) is 11.4 Å². The van der Waals surface area contributed by atoms with Gasteiger partial charge in [-0.3, -0.25) is 14.9 Å². The van der Waals surface area contributed by atoms with Crippen LogP contribution in [0.3, 0.4) is 0 Å². The number of benzene rings is 1. The molecule has 1 rings (SSSR count). The highest BCUT2D eigenvalue weighted by atomic mass is 16.6. The number of nitrogens with one attached hydrogen (secondary N) is 2. The van der Waals surface area contributed by atoms with Crippen LogP contribution in [0.15, 0.2) is 18.2 Å². The third kappa shape index (κ3) is 4.20. The van der Waals surface area contributed by atoms with Crippen molar-refractivity contribution in [2.24, 2.45) is 0 Å². The fourth-order valence-electron chi connectivity index (χ4n) is 1.75. The van der Waals surface area contributed by atoms with E-state index < -0.39 is 4.92 Å². The summed E-state index contributed by atoms with van der Waals surface area (Å²) in [5, 5.41) is 25.4. The number of nitro groups is 1. The normalized spacial score (nSPS) is 11.8. The van der Waals surface area contributed by atoms with Gasteiger partial charge in [-0.25, -0.2) is 0 Å². The zero-order valence-corrected chi connectivity index (χ0v) is 11.5. The minimum atomic E-state index is -0.504. The monoisotopic (exact) mass is 281 g/mol. The molecule has 0 radical (unpaired) electrons. The molecule has 1 atom stereocenters. The molecule has 0 heterocycles. The van der Waals surface area contributed by atoms with Gasteiger partial charge >= 0.3 is 0 Å². The Labute approximate surface area is 117 Å². The van der Waals surface area contributed by atoms with Gasteiger partial charge in [0.15, 0.2) is 0 Å². The minimum Gasteiger partial charge on any atom is -0.396 e. The van der Waals surface area contributed by atoms with Crippen LogP contribution in [0.5, 0.6) is 0 Å². The van der Waals surface area contributed by atoms with Gasteiger partial charge in [0.25, 0.3) is 11.6 Å². The van der Waals surface area contributed by atoms with Crippen molar-refractivity contribution in [3.05, 3.63) is 33.9 Å². The summed E-state index contributed by atoms with van der Waals surface area (Å²) >= 11 is 0. The van der Waals surface area contributed by atoms with E-state index in [2.05, 4.69) is 10.6 Å². The van der Waals surface area contributed by atoms with E-state index in [1.165, 1.54) is 18.2 Å². The smallest absolute Gasteiger partial charge is 0.292 e. The molecule has 0 aliphatic carbocycles. The molecule has 0 bridgehead atoms. The Morgan fingerprint density at radius 1 is 1.50 bits per heavy atom. The van der Waals surface area contributed by atoms with Crippen LogP contribution in [0.2, 0.25) is 0 Å². The van der Waals surface area contributed by atoms with Crippen LogP contribution < -0.4 is 10.6 Å². The molecule has 7 heteroatoms. The molecule has 1 unspecified atom stereocenters. The second kappa shape index (κ2) is 7.44. The van der Waals surface area contributed by atoms with Crippen molar-refractivity contribution in [3.63, 3.8) is 0 Å². The van der Waals surface area contributed by atoms with Gasteiger partial charge in [0.1, 0.15) is 5.69 Å². The minimum absolute atomic E-state index is 0.0159. The molecule has 7 nitrogen and oxygen atoms in total. The van der Waals surface area contributed by atoms with Gasteiger partial charge in [0.05, 0.1) is 4.92 Å². The number of carbonyl (C=O) groups excluding carboxylic acids is 1. The van der Waals surface area contributed by atoms with Gasteiger partial charge in [-0.1, -0.05) is 0 Å². The highest BCUT2D eigenvalue weighted by Gasteiger charge is 2.17. The van der Waals surface area contributed by atoms with E-state index >= 15 is 0 Å². The highest BCUT2D eigenvalue weighted by Crippen LogP contribution is 2.26. The van der Waals surface area contributed by atoms with Crippen molar-refractivity contribution in [2.45, 2.75) is 26.3 Å². The number of anilines is 1. The van der Waals surface area contributed by atoms with Crippen molar-refractivity contribution >= 4 is 17.3 Å². The Morgan fingerprint density at radius 2 is 2.20 bits per heavy atom. The second-order valence-corrected chi connectivity index (χ2v) is 4.41. The van der Waals surface area contributed by atoms with Gasteiger partial charge in [0.2, 0.25) is 0 Å². The molecule has 0 saturated carbocycles. The molecule has 0 aliphatic rings. The van der Waals surface area contributed by atoms with E-state index in [0.717, 1.165) is 0 Å². The lowest BCUT2D eigenvalue weighted by atomic mass is 10.1. The summed E-state index contributed by atoms with van der Waals surface area (Å²) in [5.41, 5.74) is 0.540. The third-order valence-corrected chi connectivity index (χ3v) is 2.76. The molecule has 0 aliphatic heterocycles. The van der Waals surface area contributed by atoms with Gasteiger partial charge in [-0.15, -0.1) is 0 Å². The van der Waals surface area contributed by atoms with Gasteiger partial charge in [-0.2, -0.15) is 0 Å². The first kappa shape index (κ1) is 15.9. The topological polar surface area (TPSA) is 104 Å². The average molecular weight is 281 g/mol. The molecule has 110 valence electrons. The summed E-state index contributed by atoms with van der Waals surface area (Å²) in [6.07, 6.45) is 0.461. The number of nitro benzene ring substituents is 1. The Bertz CT molecular complexity index is 491. The summed E-state index contributed by atoms with van der Waals surface area (Å²) < 4.78 is 0. The molecule has 0 aromatic heterocycles. The van der Waals surface area contributed by atoms with Crippen LogP contribution in [0, 0.1) is 10.1 Å². The standard InChI is InChI=1S/C13H19N3O4/c1-3-14-13(18)10-4-5-12(16(19)20)11(8-10)15-9(2)6-7-17/h4-5,8-9,15,17H,3,6-7H2,1-2H3,(H,14,18). The number of rotatable bonds is 7. The summed E-state index contributed by atoms with van der Waals surface area (Å²) in [6.45, 7) is 4.07. The van der Waals surface area contributed by atoms with Gasteiger partial charge in [-0.05, 0) is 32.4 Å². The molecule has 0 spiro atoms. The quantitative estimate of drug-likeness (QED) is 0.519. The summed E-state index contributed by atoms with van der Waals surface area (Å²) in [5.74, 6) is -0.278. The zero-order chi connectivity index (χ0) is 15.1. The molecule has 1 amide bonds. The van der Waals surface area contributed by atoms with Crippen LogP contribution in [-0.2, 0) is 0 Å². The molecule has 1 aromatic rings. The number of hydrogen-bond acceptors (Lipinski definition) is 5. The predicted molar refractivity (Wildman–Crippen MR) is 75.9 cm³/mol. The highest BCUT2D eigenvalue weighted by molar-refractivity contribution is 5.95. The van der Waals surface area contributed by atoms with E-state index in [-0.39, 0.29) is 29.9 Å². The Balaban J connectivity index is 3.05. The van der Waals surface area contributed by atoms with Crippen LogP contribution in [0.25, 0.3) is 0 Å². The lowest BCUT2D eigenvalue weighted by Crippen LogP contribution is -2.23. The van der Waals surface area contributed by atoms with E-state index in [1.54, 1.807) is 13.8 Å². The predicted octanol–water partition coefficient (Wildman–Crippen LogP) is 1.53. The first-order valence-electron chi connectivity index (χ1n) is 6.43.